The molecule has 172 valence electrons. The van der Waals surface area contributed by atoms with Crippen LogP contribution >= 0.6 is 24.0 Å². The minimum atomic E-state index is 0. The Kier molecular flexibility index (Phi) is 11.1. The molecule has 0 saturated carbocycles. The van der Waals surface area contributed by atoms with Crippen LogP contribution in [0.15, 0.2) is 23.2 Å². The van der Waals surface area contributed by atoms with E-state index in [2.05, 4.69) is 55.5 Å². The lowest BCUT2D eigenvalue weighted by Gasteiger charge is -2.16. The van der Waals surface area contributed by atoms with E-state index in [1.165, 1.54) is 24.8 Å². The van der Waals surface area contributed by atoms with E-state index in [9.17, 15) is 0 Å². The fourth-order valence-corrected chi connectivity index (χ4v) is 3.54. The lowest BCUT2D eigenvalue weighted by atomic mass is 10.1. The van der Waals surface area contributed by atoms with Gasteiger partial charge in [-0.2, -0.15) is 0 Å². The quantitative estimate of drug-likeness (QED) is 0.219. The molecule has 31 heavy (non-hydrogen) atoms. The molecule has 0 fully saturated rings. The van der Waals surface area contributed by atoms with Crippen LogP contribution < -0.4 is 15.4 Å². The molecule has 0 aliphatic carbocycles. The normalized spacial score (nSPS) is 13.7. The summed E-state index contributed by atoms with van der Waals surface area (Å²) in [4.78, 5) is 4.34. The average molecular weight is 542 g/mol. The maximum Gasteiger partial charge on any atom is 0.191 e. The summed E-state index contributed by atoms with van der Waals surface area (Å²) in [6.45, 7) is 8.07. The van der Waals surface area contributed by atoms with Crippen molar-refractivity contribution < 1.29 is 9.47 Å². The van der Waals surface area contributed by atoms with Gasteiger partial charge in [-0.15, -0.1) is 34.2 Å². The summed E-state index contributed by atoms with van der Waals surface area (Å²) in [6, 6.07) is 6.24. The molecule has 1 aromatic heterocycles. The Morgan fingerprint density at radius 1 is 1.13 bits per heavy atom. The first-order chi connectivity index (χ1) is 14.7. The van der Waals surface area contributed by atoms with Crippen molar-refractivity contribution in [1.29, 1.82) is 0 Å². The number of fused-ring (bicyclic) bond motifs is 1. The predicted molar refractivity (Wildman–Crippen MR) is 133 cm³/mol. The van der Waals surface area contributed by atoms with Crippen molar-refractivity contribution in [2.75, 3.05) is 26.9 Å². The van der Waals surface area contributed by atoms with E-state index in [4.69, 9.17) is 9.47 Å². The second-order valence-electron chi connectivity index (χ2n) is 7.43. The second-order valence-corrected chi connectivity index (χ2v) is 7.43. The van der Waals surface area contributed by atoms with Gasteiger partial charge >= 0.3 is 0 Å². The molecule has 2 aromatic rings. The van der Waals surface area contributed by atoms with Crippen molar-refractivity contribution in [2.45, 2.75) is 59.2 Å². The highest BCUT2D eigenvalue weighted by molar-refractivity contribution is 14.0. The lowest BCUT2D eigenvalue weighted by molar-refractivity contribution is 0.110. The largest absolute Gasteiger partial charge is 0.491 e. The van der Waals surface area contributed by atoms with Gasteiger partial charge in [-0.3, -0.25) is 4.99 Å². The van der Waals surface area contributed by atoms with Gasteiger partial charge in [0.1, 0.15) is 18.2 Å². The summed E-state index contributed by atoms with van der Waals surface area (Å²) >= 11 is 0. The fourth-order valence-electron chi connectivity index (χ4n) is 3.54. The van der Waals surface area contributed by atoms with Crippen molar-refractivity contribution in [3.05, 3.63) is 41.0 Å². The number of aryl methyl sites for hydroxylation is 2. The van der Waals surface area contributed by atoms with Gasteiger partial charge in [-0.1, -0.05) is 18.6 Å². The minimum Gasteiger partial charge on any atom is -0.491 e. The van der Waals surface area contributed by atoms with Crippen LogP contribution in [0.3, 0.4) is 0 Å². The van der Waals surface area contributed by atoms with Gasteiger partial charge in [0, 0.05) is 38.7 Å². The van der Waals surface area contributed by atoms with Gasteiger partial charge in [0.25, 0.3) is 0 Å². The summed E-state index contributed by atoms with van der Waals surface area (Å²) < 4.78 is 13.6. The Balaban J connectivity index is 0.00000341. The number of nitrogens with zero attached hydrogens (tertiary/aromatic N) is 4. The topological polar surface area (TPSA) is 85.6 Å². The molecule has 8 nitrogen and oxygen atoms in total. The molecular formula is C22H35IN6O2. The smallest absolute Gasteiger partial charge is 0.191 e. The maximum absolute atomic E-state index is 5.93. The van der Waals surface area contributed by atoms with Crippen molar-refractivity contribution in [2.24, 2.45) is 4.99 Å². The number of aromatic nitrogens is 3. The number of benzene rings is 1. The van der Waals surface area contributed by atoms with Crippen molar-refractivity contribution in [1.82, 2.24) is 25.4 Å². The Morgan fingerprint density at radius 3 is 2.77 bits per heavy atom. The Bertz CT molecular complexity index is 839. The molecule has 1 aromatic carbocycles. The highest BCUT2D eigenvalue weighted by Gasteiger charge is 2.15. The van der Waals surface area contributed by atoms with Crippen LogP contribution in [0, 0.1) is 6.92 Å². The monoisotopic (exact) mass is 542 g/mol. The number of ether oxygens (including phenoxy) is 2. The molecule has 0 amide bonds. The standard InChI is InChI=1S/C22H34N6O2.HI/c1-4-29-12-13-30-19-14-17(2)9-10-18(19)15-24-22(23-3)25-16-21-27-26-20-8-6-5-7-11-28(20)21;/h9-10,14H,4-8,11-13,15-16H2,1-3H3,(H2,23,24,25);1H. The number of guanidine groups is 1. The molecule has 1 aliphatic heterocycles. The predicted octanol–water partition coefficient (Wildman–Crippen LogP) is 3.21. The molecule has 0 radical (unpaired) electrons. The summed E-state index contributed by atoms with van der Waals surface area (Å²) in [6.07, 6.45) is 4.65. The molecule has 1 aliphatic rings. The van der Waals surface area contributed by atoms with Gasteiger partial charge in [0.15, 0.2) is 11.8 Å². The molecule has 2 N–H and O–H groups in total. The van der Waals surface area contributed by atoms with E-state index in [1.54, 1.807) is 7.05 Å². The Morgan fingerprint density at radius 2 is 1.97 bits per heavy atom. The highest BCUT2D eigenvalue weighted by Crippen LogP contribution is 2.20. The molecule has 0 spiro atoms. The van der Waals surface area contributed by atoms with Crippen LogP contribution in [-0.4, -0.2) is 47.6 Å². The third-order valence-corrected chi connectivity index (χ3v) is 5.18. The van der Waals surface area contributed by atoms with E-state index < -0.39 is 0 Å². The van der Waals surface area contributed by atoms with Crippen LogP contribution in [0.25, 0.3) is 0 Å². The molecule has 3 rings (SSSR count). The van der Waals surface area contributed by atoms with E-state index >= 15 is 0 Å². The Hall–Kier alpha value is -1.88. The van der Waals surface area contributed by atoms with Crippen LogP contribution in [0.1, 0.15) is 49.0 Å². The van der Waals surface area contributed by atoms with Crippen LogP contribution in [0.5, 0.6) is 5.75 Å². The average Bonchev–Trinajstić information content (AvgIpc) is 2.98. The van der Waals surface area contributed by atoms with E-state index in [0.29, 0.717) is 32.9 Å². The molecule has 9 heteroatoms. The van der Waals surface area contributed by atoms with Gasteiger partial charge in [0.05, 0.1) is 13.2 Å². The van der Waals surface area contributed by atoms with Gasteiger partial charge < -0.3 is 24.7 Å². The zero-order valence-corrected chi connectivity index (χ0v) is 21.1. The van der Waals surface area contributed by atoms with Gasteiger partial charge in [-0.05, 0) is 38.3 Å². The molecule has 0 bridgehead atoms. The van der Waals surface area contributed by atoms with Gasteiger partial charge in [0.2, 0.25) is 0 Å². The van der Waals surface area contributed by atoms with E-state index in [1.807, 2.05) is 6.92 Å². The first-order valence-corrected chi connectivity index (χ1v) is 10.9. The minimum absolute atomic E-state index is 0. The summed E-state index contributed by atoms with van der Waals surface area (Å²) in [5, 5.41) is 15.5. The lowest BCUT2D eigenvalue weighted by Crippen LogP contribution is -2.37. The van der Waals surface area contributed by atoms with Crippen molar-refractivity contribution in [3.63, 3.8) is 0 Å². The van der Waals surface area contributed by atoms with E-state index in [-0.39, 0.29) is 24.0 Å². The van der Waals surface area contributed by atoms with Gasteiger partial charge in [-0.25, -0.2) is 0 Å². The van der Waals surface area contributed by atoms with E-state index in [0.717, 1.165) is 41.9 Å². The SMILES string of the molecule is CCOCCOc1cc(C)ccc1CNC(=NC)NCc1nnc2n1CCCCC2.I. The zero-order valence-electron chi connectivity index (χ0n) is 18.8. The number of hydrogen-bond donors (Lipinski definition) is 2. The molecule has 2 heterocycles. The third-order valence-electron chi connectivity index (χ3n) is 5.18. The number of aliphatic imine (C=N–C) groups is 1. The highest BCUT2D eigenvalue weighted by atomic mass is 127. The first-order valence-electron chi connectivity index (χ1n) is 10.9. The van der Waals surface area contributed by atoms with Crippen LogP contribution in [0.2, 0.25) is 0 Å². The fraction of sp³-hybridized carbons (Fsp3) is 0.591. The van der Waals surface area contributed by atoms with Crippen molar-refractivity contribution >= 4 is 29.9 Å². The molecular weight excluding hydrogens is 507 g/mol. The molecule has 0 saturated heterocycles. The van der Waals surface area contributed by atoms with Crippen LogP contribution in [0.4, 0.5) is 0 Å². The number of halogens is 1. The Labute approximate surface area is 202 Å². The first kappa shape index (κ1) is 25.4. The number of rotatable bonds is 9. The second kappa shape index (κ2) is 13.5. The number of hydrogen-bond acceptors (Lipinski definition) is 5. The molecule has 0 atom stereocenters. The maximum atomic E-state index is 5.93. The molecule has 0 unspecified atom stereocenters. The summed E-state index contributed by atoms with van der Waals surface area (Å²) in [5.74, 6) is 3.66. The summed E-state index contributed by atoms with van der Waals surface area (Å²) in [7, 11) is 1.77. The third kappa shape index (κ3) is 7.64. The zero-order chi connectivity index (χ0) is 21.2. The van der Waals surface area contributed by atoms with Crippen LogP contribution in [-0.2, 0) is 30.8 Å². The van der Waals surface area contributed by atoms with Crippen molar-refractivity contribution in [3.8, 4) is 5.75 Å². The summed E-state index contributed by atoms with van der Waals surface area (Å²) in [5.41, 5.74) is 2.25. The number of nitrogens with one attached hydrogen (secondary N) is 2.